The van der Waals surface area contributed by atoms with E-state index in [0.717, 1.165) is 12.1 Å². The average Bonchev–Trinajstić information content (AvgIpc) is 2.94. The molecule has 2 rings (SSSR count). The fraction of sp³-hybridized carbons (Fsp3) is 0.312. The van der Waals surface area contributed by atoms with Crippen molar-refractivity contribution in [2.75, 3.05) is 14.2 Å². The molecule has 0 saturated heterocycles. The van der Waals surface area contributed by atoms with Crippen LogP contribution in [0.5, 0.6) is 11.5 Å². The minimum absolute atomic E-state index is 0.234. The van der Waals surface area contributed by atoms with Crippen LogP contribution in [0.2, 0.25) is 0 Å². The Bertz CT molecular complexity index is 653. The second kappa shape index (κ2) is 7.70. The number of nitrogens with one attached hydrogen (secondary N) is 2. The molecule has 0 atom stereocenters. The van der Waals surface area contributed by atoms with Crippen LogP contribution < -0.4 is 15.4 Å². The Hall–Kier alpha value is -2.21. The zero-order valence-corrected chi connectivity index (χ0v) is 13.8. The number of phenolic OH excluding ortho intramolecular Hbond substituents is 1. The van der Waals surface area contributed by atoms with E-state index in [4.69, 9.17) is 4.74 Å². The van der Waals surface area contributed by atoms with Crippen LogP contribution in [0.3, 0.4) is 0 Å². The van der Waals surface area contributed by atoms with Gasteiger partial charge in [-0.1, -0.05) is 0 Å². The van der Waals surface area contributed by atoms with Gasteiger partial charge in [0.2, 0.25) is 0 Å². The maximum Gasteiger partial charge on any atom is 0.191 e. The van der Waals surface area contributed by atoms with Crippen LogP contribution in [-0.4, -0.2) is 25.2 Å². The number of benzene rings is 1. The number of hydrogen-bond acceptors (Lipinski definition) is 4. The van der Waals surface area contributed by atoms with Gasteiger partial charge in [0.25, 0.3) is 0 Å². The first-order valence-corrected chi connectivity index (χ1v) is 7.79. The number of aryl methyl sites for hydroxylation is 1. The summed E-state index contributed by atoms with van der Waals surface area (Å²) < 4.78 is 5.17. The number of aliphatic imine (C=N–C) groups is 1. The van der Waals surface area contributed by atoms with Gasteiger partial charge in [0.15, 0.2) is 5.96 Å². The maximum atomic E-state index is 9.87. The largest absolute Gasteiger partial charge is 0.508 e. The molecule has 118 valence electrons. The Labute approximate surface area is 134 Å². The van der Waals surface area contributed by atoms with E-state index in [1.807, 2.05) is 0 Å². The van der Waals surface area contributed by atoms with Crippen LogP contribution >= 0.6 is 11.3 Å². The van der Waals surface area contributed by atoms with Crippen molar-refractivity contribution in [1.82, 2.24) is 10.6 Å². The summed E-state index contributed by atoms with van der Waals surface area (Å²) in [4.78, 5) is 6.73. The van der Waals surface area contributed by atoms with Gasteiger partial charge in [-0.3, -0.25) is 4.99 Å². The SMILES string of the molecule is CN=C(NCc1ccc(C)s1)NCc1cc(OC)ccc1O. The monoisotopic (exact) mass is 319 g/mol. The predicted molar refractivity (Wildman–Crippen MR) is 90.8 cm³/mol. The first-order valence-electron chi connectivity index (χ1n) is 6.98. The van der Waals surface area contributed by atoms with E-state index in [9.17, 15) is 5.11 Å². The van der Waals surface area contributed by atoms with Gasteiger partial charge in [-0.25, -0.2) is 0 Å². The highest BCUT2D eigenvalue weighted by Crippen LogP contribution is 2.22. The van der Waals surface area contributed by atoms with Crippen LogP contribution in [0, 0.1) is 6.92 Å². The Morgan fingerprint density at radius 1 is 1.23 bits per heavy atom. The lowest BCUT2D eigenvalue weighted by molar-refractivity contribution is 0.410. The Kier molecular flexibility index (Phi) is 5.66. The first kappa shape index (κ1) is 16.2. The molecule has 1 aromatic heterocycles. The highest BCUT2D eigenvalue weighted by atomic mass is 32.1. The van der Waals surface area contributed by atoms with Crippen LogP contribution in [0.1, 0.15) is 15.3 Å². The van der Waals surface area contributed by atoms with E-state index < -0.39 is 0 Å². The molecule has 0 amide bonds. The summed E-state index contributed by atoms with van der Waals surface area (Å²) >= 11 is 1.76. The molecule has 0 spiro atoms. The molecule has 2 aromatic rings. The van der Waals surface area contributed by atoms with Crippen molar-refractivity contribution in [3.8, 4) is 11.5 Å². The van der Waals surface area contributed by atoms with Gasteiger partial charge < -0.3 is 20.5 Å². The molecule has 6 heteroatoms. The van der Waals surface area contributed by atoms with Gasteiger partial charge in [0, 0.05) is 28.9 Å². The van der Waals surface area contributed by atoms with E-state index in [2.05, 4.69) is 34.7 Å². The van der Waals surface area contributed by atoms with E-state index in [1.54, 1.807) is 43.7 Å². The molecule has 0 fully saturated rings. The van der Waals surface area contributed by atoms with Crippen molar-refractivity contribution < 1.29 is 9.84 Å². The zero-order valence-electron chi connectivity index (χ0n) is 13.0. The van der Waals surface area contributed by atoms with Crippen molar-refractivity contribution >= 4 is 17.3 Å². The molecule has 3 N–H and O–H groups in total. The van der Waals surface area contributed by atoms with Crippen LogP contribution in [0.4, 0.5) is 0 Å². The van der Waals surface area contributed by atoms with Crippen LogP contribution in [-0.2, 0) is 13.1 Å². The van der Waals surface area contributed by atoms with E-state index in [-0.39, 0.29) is 5.75 Å². The van der Waals surface area contributed by atoms with Crippen molar-refractivity contribution in [3.05, 3.63) is 45.6 Å². The van der Waals surface area contributed by atoms with Gasteiger partial charge in [-0.05, 0) is 37.3 Å². The molecule has 0 aliphatic carbocycles. The number of aromatic hydroxyl groups is 1. The highest BCUT2D eigenvalue weighted by Gasteiger charge is 2.05. The summed E-state index contributed by atoms with van der Waals surface area (Å²) in [5, 5.41) is 16.3. The lowest BCUT2D eigenvalue weighted by atomic mass is 10.2. The Morgan fingerprint density at radius 2 is 2.00 bits per heavy atom. The molecule has 1 aromatic carbocycles. The summed E-state index contributed by atoms with van der Waals surface area (Å²) in [5.41, 5.74) is 0.759. The lowest BCUT2D eigenvalue weighted by Gasteiger charge is -2.12. The second-order valence-electron chi connectivity index (χ2n) is 4.79. The average molecular weight is 319 g/mol. The van der Waals surface area contributed by atoms with Crippen molar-refractivity contribution in [2.24, 2.45) is 4.99 Å². The number of nitrogens with zero attached hydrogens (tertiary/aromatic N) is 1. The normalized spacial score (nSPS) is 11.3. The van der Waals surface area contributed by atoms with Gasteiger partial charge in [-0.15, -0.1) is 11.3 Å². The molecule has 0 aliphatic rings. The molecule has 0 radical (unpaired) electrons. The van der Waals surface area contributed by atoms with E-state index in [1.165, 1.54) is 9.75 Å². The molecular weight excluding hydrogens is 298 g/mol. The Morgan fingerprint density at radius 3 is 2.64 bits per heavy atom. The molecule has 22 heavy (non-hydrogen) atoms. The number of thiophene rings is 1. The standard InChI is InChI=1S/C16H21N3O2S/c1-11-4-6-14(22-11)10-19-16(17-2)18-9-12-8-13(21-3)5-7-15(12)20/h4-8,20H,9-10H2,1-3H3,(H2,17,18,19). The van der Waals surface area contributed by atoms with E-state index in [0.29, 0.717) is 18.3 Å². The number of guanidine groups is 1. The van der Waals surface area contributed by atoms with Gasteiger partial charge >= 0.3 is 0 Å². The summed E-state index contributed by atoms with van der Waals surface area (Å²) in [5.74, 6) is 1.64. The number of ether oxygens (including phenoxy) is 1. The number of rotatable bonds is 5. The van der Waals surface area contributed by atoms with Gasteiger partial charge in [0.1, 0.15) is 11.5 Å². The summed E-state index contributed by atoms with van der Waals surface area (Å²) in [6, 6.07) is 9.37. The molecule has 5 nitrogen and oxygen atoms in total. The Balaban J connectivity index is 1.91. The zero-order chi connectivity index (χ0) is 15.9. The van der Waals surface area contributed by atoms with Gasteiger partial charge in [-0.2, -0.15) is 0 Å². The number of hydrogen-bond donors (Lipinski definition) is 3. The van der Waals surface area contributed by atoms with Crippen molar-refractivity contribution in [1.29, 1.82) is 0 Å². The first-order chi connectivity index (χ1) is 10.6. The topological polar surface area (TPSA) is 65.9 Å². The van der Waals surface area contributed by atoms with E-state index >= 15 is 0 Å². The van der Waals surface area contributed by atoms with Crippen molar-refractivity contribution in [2.45, 2.75) is 20.0 Å². The predicted octanol–water partition coefficient (Wildman–Crippen LogP) is 2.64. The third-order valence-corrected chi connectivity index (χ3v) is 4.18. The molecule has 0 saturated carbocycles. The number of methoxy groups -OCH3 is 1. The molecule has 1 heterocycles. The summed E-state index contributed by atoms with van der Waals surface area (Å²) in [7, 11) is 3.33. The summed E-state index contributed by atoms with van der Waals surface area (Å²) in [6.45, 7) is 3.28. The van der Waals surface area contributed by atoms with Crippen molar-refractivity contribution in [3.63, 3.8) is 0 Å². The molecule has 0 unspecified atom stereocenters. The minimum atomic E-state index is 0.234. The smallest absolute Gasteiger partial charge is 0.191 e. The van der Waals surface area contributed by atoms with Crippen LogP contribution in [0.15, 0.2) is 35.3 Å². The third kappa shape index (κ3) is 4.39. The fourth-order valence-electron chi connectivity index (χ4n) is 1.98. The molecule has 0 aliphatic heterocycles. The third-order valence-electron chi connectivity index (χ3n) is 3.18. The summed E-state index contributed by atoms with van der Waals surface area (Å²) in [6.07, 6.45) is 0. The minimum Gasteiger partial charge on any atom is -0.508 e. The second-order valence-corrected chi connectivity index (χ2v) is 6.16. The number of phenols is 1. The fourth-order valence-corrected chi connectivity index (χ4v) is 2.81. The lowest BCUT2D eigenvalue weighted by Crippen LogP contribution is -2.36. The highest BCUT2D eigenvalue weighted by molar-refractivity contribution is 7.11. The van der Waals surface area contributed by atoms with Crippen LogP contribution in [0.25, 0.3) is 0 Å². The molecular formula is C16H21N3O2S. The quantitative estimate of drug-likeness (QED) is 0.585. The van der Waals surface area contributed by atoms with Gasteiger partial charge in [0.05, 0.1) is 13.7 Å². The molecule has 0 bridgehead atoms. The maximum absolute atomic E-state index is 9.87.